The van der Waals surface area contributed by atoms with Gasteiger partial charge in [-0.15, -0.1) is 0 Å². The van der Waals surface area contributed by atoms with Gasteiger partial charge in [0, 0.05) is 25.6 Å². The van der Waals surface area contributed by atoms with E-state index in [0.29, 0.717) is 13.3 Å². The summed E-state index contributed by atoms with van der Waals surface area (Å²) >= 11 is 0. The maximum absolute atomic E-state index is 14.9. The molecule has 3 N–H and O–H groups in total. The van der Waals surface area contributed by atoms with Crippen LogP contribution in [-0.2, 0) is 41.7 Å². The second kappa shape index (κ2) is 10.8. The Hall–Kier alpha value is -2.62. The number of carbonyl (C=O) groups is 1. The van der Waals surface area contributed by atoms with Gasteiger partial charge in [-0.3, -0.25) is 4.79 Å². The van der Waals surface area contributed by atoms with Crippen molar-refractivity contribution in [1.82, 2.24) is 9.62 Å². The average molecular weight is 650 g/mol. The van der Waals surface area contributed by atoms with Crippen molar-refractivity contribution in [1.29, 1.82) is 0 Å². The monoisotopic (exact) mass is 649 g/mol. The summed E-state index contributed by atoms with van der Waals surface area (Å²) < 4.78 is 121. The van der Waals surface area contributed by atoms with E-state index in [-0.39, 0.29) is 67.3 Å². The Balaban J connectivity index is 1.50. The summed E-state index contributed by atoms with van der Waals surface area (Å²) in [5.74, 6) is -2.81. The van der Waals surface area contributed by atoms with Crippen LogP contribution in [0.5, 0.6) is 0 Å². The first-order chi connectivity index (χ1) is 19.9. The van der Waals surface area contributed by atoms with Crippen molar-refractivity contribution in [2.45, 2.75) is 60.5 Å². The third-order valence-electron chi connectivity index (χ3n) is 9.39. The van der Waals surface area contributed by atoms with E-state index < -0.39 is 65.8 Å². The summed E-state index contributed by atoms with van der Waals surface area (Å²) in [6.45, 7) is 0.915. The predicted molar refractivity (Wildman–Crippen MR) is 147 cm³/mol. The number of benzene rings is 2. The molecule has 2 aromatic carbocycles. The number of nitrogens with one attached hydrogen (secondary N) is 1. The highest BCUT2D eigenvalue weighted by molar-refractivity contribution is 7.92. The molecule has 8 nitrogen and oxygen atoms in total. The van der Waals surface area contributed by atoms with Crippen molar-refractivity contribution in [3.8, 4) is 0 Å². The Morgan fingerprint density at radius 2 is 1.72 bits per heavy atom. The third kappa shape index (κ3) is 5.35. The fourth-order valence-electron chi connectivity index (χ4n) is 7.02. The molecule has 0 radical (unpaired) electrons. The van der Waals surface area contributed by atoms with E-state index in [0.717, 1.165) is 40.7 Å². The SMILES string of the molecule is CC(F)(c1ccc2c(c1)CC[C@H]1[C@H](C(=O)NCC3CCN(S(N)(=O)=O)C3)CC[C@@]21S(=O)(=O)c1ccc(F)cc1)C(F)(F)F. The van der Waals surface area contributed by atoms with Crippen LogP contribution in [0.25, 0.3) is 0 Å². The van der Waals surface area contributed by atoms with Crippen molar-refractivity contribution in [2.24, 2.45) is 22.9 Å². The molecular formula is C28H32F5N3O5S2. The molecule has 2 aliphatic carbocycles. The molecule has 5 atom stereocenters. The van der Waals surface area contributed by atoms with E-state index in [2.05, 4.69) is 5.32 Å². The van der Waals surface area contributed by atoms with Gasteiger partial charge in [-0.2, -0.15) is 25.9 Å². The number of fused-ring (bicyclic) bond motifs is 3. The molecule has 5 rings (SSSR count). The van der Waals surface area contributed by atoms with Crippen LogP contribution < -0.4 is 10.5 Å². The molecule has 3 aliphatic rings. The van der Waals surface area contributed by atoms with Crippen LogP contribution in [0.1, 0.15) is 49.3 Å². The van der Waals surface area contributed by atoms with E-state index in [1.165, 1.54) is 6.07 Å². The second-order valence-corrected chi connectivity index (χ2v) is 15.6. The summed E-state index contributed by atoms with van der Waals surface area (Å²) in [6.07, 6.45) is -4.34. The summed E-state index contributed by atoms with van der Waals surface area (Å²) in [6, 6.07) is 7.46. The molecule has 1 amide bonds. The molecule has 15 heteroatoms. The highest BCUT2D eigenvalue weighted by Gasteiger charge is 2.62. The van der Waals surface area contributed by atoms with Crippen molar-refractivity contribution >= 4 is 26.0 Å². The van der Waals surface area contributed by atoms with E-state index in [9.17, 15) is 43.6 Å². The molecule has 43 heavy (non-hydrogen) atoms. The number of aryl methyl sites for hydroxylation is 1. The largest absolute Gasteiger partial charge is 0.426 e. The summed E-state index contributed by atoms with van der Waals surface area (Å²) in [4.78, 5) is 13.3. The lowest BCUT2D eigenvalue weighted by molar-refractivity contribution is -0.228. The molecule has 1 aliphatic heterocycles. The lowest BCUT2D eigenvalue weighted by Crippen LogP contribution is -2.47. The Bertz CT molecular complexity index is 1630. The zero-order chi connectivity index (χ0) is 31.6. The summed E-state index contributed by atoms with van der Waals surface area (Å²) in [5, 5.41) is 8.03. The lowest BCUT2D eigenvalue weighted by atomic mass is 9.72. The molecule has 236 valence electrons. The minimum atomic E-state index is -5.20. The van der Waals surface area contributed by atoms with E-state index >= 15 is 0 Å². The lowest BCUT2D eigenvalue weighted by Gasteiger charge is -2.42. The standard InChI is InChI=1S/C28H32F5N3O5S2/c1-26(30,28(31,32)33)19-3-9-23-18(14-19)2-8-24-22(25(37)35-15-17-11-13-36(16-17)43(34,40)41)10-12-27(23,24)42(38,39)21-6-4-20(29)5-7-21/h3-7,9,14,17,22,24H,2,8,10-13,15-16H2,1H3,(H,35,37)(H2,34,40,41)/t17?,22-,24+,26?,27-/m1/s1. The average Bonchev–Trinajstić information content (AvgIpc) is 3.57. The predicted octanol–water partition coefficient (Wildman–Crippen LogP) is 3.86. The van der Waals surface area contributed by atoms with Gasteiger partial charge in [-0.1, -0.05) is 18.2 Å². The Morgan fingerprint density at radius 1 is 1.05 bits per heavy atom. The van der Waals surface area contributed by atoms with E-state index in [1.54, 1.807) is 0 Å². The molecule has 0 aromatic heterocycles. The molecule has 2 aromatic rings. The zero-order valence-corrected chi connectivity index (χ0v) is 24.8. The maximum atomic E-state index is 14.9. The van der Waals surface area contributed by atoms with E-state index in [4.69, 9.17) is 5.14 Å². The molecule has 2 fully saturated rings. The minimum absolute atomic E-state index is 0.0312. The number of carbonyl (C=O) groups excluding carboxylic acids is 1. The molecule has 0 spiro atoms. The van der Waals surface area contributed by atoms with E-state index in [1.807, 2.05) is 0 Å². The van der Waals surface area contributed by atoms with Crippen molar-refractivity contribution in [3.05, 3.63) is 65.0 Å². The van der Waals surface area contributed by atoms with Gasteiger partial charge >= 0.3 is 6.18 Å². The van der Waals surface area contributed by atoms with Gasteiger partial charge < -0.3 is 5.32 Å². The van der Waals surface area contributed by atoms with Crippen LogP contribution in [0.2, 0.25) is 0 Å². The van der Waals surface area contributed by atoms with Gasteiger partial charge in [0.1, 0.15) is 10.6 Å². The van der Waals surface area contributed by atoms with Crippen LogP contribution in [-0.4, -0.2) is 52.9 Å². The summed E-state index contributed by atoms with van der Waals surface area (Å²) in [5.41, 5.74) is -3.85. The third-order valence-corrected chi connectivity index (χ3v) is 13.0. The maximum Gasteiger partial charge on any atom is 0.426 e. The topological polar surface area (TPSA) is 127 Å². The number of sulfone groups is 1. The molecule has 1 saturated heterocycles. The number of nitrogens with zero attached hydrogens (tertiary/aromatic N) is 1. The van der Waals surface area contributed by atoms with Crippen LogP contribution in [0.3, 0.4) is 0 Å². The van der Waals surface area contributed by atoms with Gasteiger partial charge in [0.05, 0.1) is 4.90 Å². The highest BCUT2D eigenvalue weighted by atomic mass is 32.2. The smallest absolute Gasteiger partial charge is 0.356 e. The van der Waals surface area contributed by atoms with Gasteiger partial charge in [-0.25, -0.2) is 22.3 Å². The van der Waals surface area contributed by atoms with Crippen molar-refractivity contribution < 1.29 is 43.6 Å². The number of nitrogens with two attached hydrogens (primary N) is 1. The zero-order valence-electron chi connectivity index (χ0n) is 23.2. The van der Waals surface area contributed by atoms with Crippen LogP contribution in [0, 0.1) is 23.6 Å². The Kier molecular flexibility index (Phi) is 7.97. The van der Waals surface area contributed by atoms with Gasteiger partial charge in [0.15, 0.2) is 9.84 Å². The van der Waals surface area contributed by atoms with Crippen LogP contribution in [0.4, 0.5) is 22.0 Å². The Morgan fingerprint density at radius 3 is 2.33 bits per heavy atom. The first-order valence-electron chi connectivity index (χ1n) is 13.8. The van der Waals surface area contributed by atoms with Crippen molar-refractivity contribution in [3.63, 3.8) is 0 Å². The number of rotatable bonds is 7. The fraction of sp³-hybridized carbons (Fsp3) is 0.536. The molecular weight excluding hydrogens is 617 g/mol. The molecule has 2 unspecified atom stereocenters. The number of amides is 1. The van der Waals surface area contributed by atoms with Crippen LogP contribution >= 0.6 is 0 Å². The highest BCUT2D eigenvalue weighted by Crippen LogP contribution is 2.59. The van der Waals surface area contributed by atoms with Gasteiger partial charge in [-0.05, 0) is 91.8 Å². The number of alkyl halides is 4. The second-order valence-electron chi connectivity index (χ2n) is 11.8. The van der Waals surface area contributed by atoms with Crippen LogP contribution in [0.15, 0.2) is 47.4 Å². The van der Waals surface area contributed by atoms with Crippen molar-refractivity contribution in [2.75, 3.05) is 19.6 Å². The summed E-state index contributed by atoms with van der Waals surface area (Å²) in [7, 11) is -8.20. The quantitative estimate of drug-likeness (QED) is 0.348. The van der Waals surface area contributed by atoms with Gasteiger partial charge in [0.25, 0.3) is 10.2 Å². The molecule has 0 bridgehead atoms. The minimum Gasteiger partial charge on any atom is -0.356 e. The number of hydrogen-bond donors (Lipinski definition) is 2. The van der Waals surface area contributed by atoms with Gasteiger partial charge in [0.2, 0.25) is 11.6 Å². The number of hydrogen-bond acceptors (Lipinski definition) is 5. The molecule has 1 heterocycles. The Labute approximate surface area is 246 Å². The fourth-order valence-corrected chi connectivity index (χ4v) is 10.3. The first-order valence-corrected chi connectivity index (χ1v) is 16.8. The normalized spacial score (nSPS) is 27.7. The first kappa shape index (κ1) is 31.8. The number of halogens is 5. The molecule has 1 saturated carbocycles.